The zero-order valence-corrected chi connectivity index (χ0v) is 14.1. The molecule has 0 aromatic heterocycles. The lowest BCUT2D eigenvalue weighted by atomic mass is 10.1. The highest BCUT2D eigenvalue weighted by Gasteiger charge is 1.86. The average Bonchev–Trinajstić information content (AvgIpc) is 2.46. The van der Waals surface area contributed by atoms with Gasteiger partial charge in [-0.3, -0.25) is 4.79 Å². The van der Waals surface area contributed by atoms with Gasteiger partial charge < -0.3 is 10.4 Å². The molecule has 0 aliphatic carbocycles. The summed E-state index contributed by atoms with van der Waals surface area (Å²) >= 11 is 0. The molecular formula is C18H31NO2. The Morgan fingerprint density at radius 1 is 1.19 bits per heavy atom. The minimum absolute atomic E-state index is 0.0792. The van der Waals surface area contributed by atoms with Crippen molar-refractivity contribution < 1.29 is 9.90 Å². The fraction of sp³-hybridized carbons (Fsp3) is 0.500. The second-order valence-corrected chi connectivity index (χ2v) is 4.64. The number of carbonyl (C=O) groups excluding carboxylic acids is 1. The minimum atomic E-state index is 0.0792. The third-order valence-electron chi connectivity index (χ3n) is 2.13. The van der Waals surface area contributed by atoms with Crippen molar-refractivity contribution in [3.63, 3.8) is 0 Å². The summed E-state index contributed by atoms with van der Waals surface area (Å²) in [4.78, 5) is 10.6. The molecule has 0 amide bonds. The van der Waals surface area contributed by atoms with Gasteiger partial charge in [-0.2, -0.15) is 0 Å². The molecule has 0 bridgehead atoms. The number of aliphatic hydroxyl groups excluding tert-OH is 1. The van der Waals surface area contributed by atoms with Gasteiger partial charge >= 0.3 is 0 Å². The molecule has 0 unspecified atom stereocenters. The van der Waals surface area contributed by atoms with Gasteiger partial charge in [-0.1, -0.05) is 63.1 Å². The quantitative estimate of drug-likeness (QED) is 0.644. The summed E-state index contributed by atoms with van der Waals surface area (Å²) in [6.45, 7) is 11.8. The molecule has 1 aromatic carbocycles. The second kappa shape index (κ2) is 16.6. The third-order valence-corrected chi connectivity index (χ3v) is 2.13. The van der Waals surface area contributed by atoms with Crippen molar-refractivity contribution in [2.24, 2.45) is 0 Å². The number of carbonyl (C=O) groups is 1. The molecular weight excluding hydrogens is 262 g/mol. The monoisotopic (exact) mass is 293 g/mol. The van der Waals surface area contributed by atoms with Crippen LogP contribution >= 0.6 is 0 Å². The van der Waals surface area contributed by atoms with Crippen molar-refractivity contribution >= 4 is 11.9 Å². The number of allylic oxidation sites excluding steroid dienone is 1. The summed E-state index contributed by atoms with van der Waals surface area (Å²) in [5, 5.41) is 11.1. The first kappa shape index (κ1) is 21.8. The van der Waals surface area contributed by atoms with Gasteiger partial charge in [0.05, 0.1) is 6.61 Å². The van der Waals surface area contributed by atoms with Crippen molar-refractivity contribution in [1.82, 2.24) is 5.32 Å². The molecule has 0 saturated carbocycles. The average molecular weight is 293 g/mol. The van der Waals surface area contributed by atoms with E-state index in [1.54, 1.807) is 13.0 Å². The molecule has 3 nitrogen and oxygen atoms in total. The molecule has 0 spiro atoms. The molecule has 0 aliphatic heterocycles. The minimum Gasteiger partial charge on any atom is -0.395 e. The molecule has 21 heavy (non-hydrogen) atoms. The van der Waals surface area contributed by atoms with Crippen LogP contribution in [0.1, 0.15) is 45.2 Å². The summed E-state index contributed by atoms with van der Waals surface area (Å²) in [6, 6.07) is 8.04. The zero-order valence-electron chi connectivity index (χ0n) is 14.1. The Hall–Kier alpha value is -1.45. The second-order valence-electron chi connectivity index (χ2n) is 4.64. The van der Waals surface area contributed by atoms with Gasteiger partial charge in [-0.05, 0) is 32.0 Å². The largest absolute Gasteiger partial charge is 0.395 e. The molecule has 0 aliphatic rings. The summed E-state index contributed by atoms with van der Waals surface area (Å²) in [5.41, 5.74) is 2.30. The van der Waals surface area contributed by atoms with Crippen molar-refractivity contribution in [2.75, 3.05) is 19.7 Å². The lowest BCUT2D eigenvalue weighted by Crippen LogP contribution is -2.16. The molecule has 0 heterocycles. The number of aliphatic hydroxyl groups is 1. The van der Waals surface area contributed by atoms with E-state index in [9.17, 15) is 4.79 Å². The normalized spacial score (nSPS) is 9.43. The Morgan fingerprint density at radius 3 is 2.05 bits per heavy atom. The number of rotatable bonds is 5. The van der Waals surface area contributed by atoms with Crippen LogP contribution in [0.2, 0.25) is 0 Å². The molecule has 0 fully saturated rings. The smallest absolute Gasteiger partial charge is 0.152 e. The number of hydrogen-bond donors (Lipinski definition) is 2. The van der Waals surface area contributed by atoms with Crippen LogP contribution in [0.25, 0.3) is 6.08 Å². The molecule has 1 aromatic rings. The predicted octanol–water partition coefficient (Wildman–Crippen LogP) is 3.60. The highest BCUT2D eigenvalue weighted by molar-refractivity contribution is 5.91. The summed E-state index contributed by atoms with van der Waals surface area (Å²) in [7, 11) is 0. The molecule has 3 heteroatoms. The van der Waals surface area contributed by atoms with Crippen molar-refractivity contribution in [3.05, 3.63) is 41.5 Å². The highest BCUT2D eigenvalue weighted by atomic mass is 16.3. The number of ketones is 1. The summed E-state index contributed by atoms with van der Waals surface area (Å²) < 4.78 is 0. The van der Waals surface area contributed by atoms with Gasteiger partial charge in [0, 0.05) is 6.54 Å². The standard InChI is InChI=1S/C11H12O.C4H11NO.C3H8/c1-9-3-6-11(7-4-9)8-5-10(2)12;1-2-5-3-4-6;1-3-2/h3-8H,1-2H3;5-6H,2-4H2,1H3;3H2,1-2H3/b8-5+;;. The molecule has 120 valence electrons. The lowest BCUT2D eigenvalue weighted by Gasteiger charge is -1.93. The van der Waals surface area contributed by atoms with E-state index in [1.165, 1.54) is 12.0 Å². The molecule has 0 radical (unpaired) electrons. The van der Waals surface area contributed by atoms with Crippen LogP contribution in [0.4, 0.5) is 0 Å². The summed E-state index contributed by atoms with van der Waals surface area (Å²) in [6.07, 6.45) is 4.65. The Balaban J connectivity index is 0. The van der Waals surface area contributed by atoms with Gasteiger partial charge in [0.2, 0.25) is 0 Å². The lowest BCUT2D eigenvalue weighted by molar-refractivity contribution is -0.112. The zero-order chi connectivity index (χ0) is 16.5. The first-order valence-electron chi connectivity index (χ1n) is 7.58. The molecule has 0 atom stereocenters. The van der Waals surface area contributed by atoms with Gasteiger partial charge in [-0.25, -0.2) is 0 Å². The van der Waals surface area contributed by atoms with E-state index in [2.05, 4.69) is 19.2 Å². The Morgan fingerprint density at radius 2 is 1.71 bits per heavy atom. The van der Waals surface area contributed by atoms with E-state index in [4.69, 9.17) is 5.11 Å². The van der Waals surface area contributed by atoms with E-state index in [0.29, 0.717) is 0 Å². The molecule has 1 rings (SSSR count). The fourth-order valence-corrected chi connectivity index (χ4v) is 1.15. The van der Waals surface area contributed by atoms with E-state index in [1.807, 2.05) is 44.2 Å². The van der Waals surface area contributed by atoms with Crippen LogP contribution in [0.5, 0.6) is 0 Å². The van der Waals surface area contributed by atoms with E-state index in [0.717, 1.165) is 18.7 Å². The Kier molecular flexibility index (Phi) is 17.3. The maximum atomic E-state index is 10.6. The number of likely N-dealkylation sites (N-methyl/N-ethyl adjacent to an activating group) is 1. The number of nitrogens with one attached hydrogen (secondary N) is 1. The van der Waals surface area contributed by atoms with Crippen molar-refractivity contribution in [1.29, 1.82) is 0 Å². The fourth-order valence-electron chi connectivity index (χ4n) is 1.15. The van der Waals surface area contributed by atoms with Gasteiger partial charge in [-0.15, -0.1) is 0 Å². The number of benzene rings is 1. The topological polar surface area (TPSA) is 49.3 Å². The van der Waals surface area contributed by atoms with Crippen LogP contribution < -0.4 is 5.32 Å². The van der Waals surface area contributed by atoms with Crippen molar-refractivity contribution in [3.8, 4) is 0 Å². The highest BCUT2D eigenvalue weighted by Crippen LogP contribution is 2.04. The van der Waals surface area contributed by atoms with Gasteiger partial charge in [0.1, 0.15) is 0 Å². The van der Waals surface area contributed by atoms with E-state index < -0.39 is 0 Å². The van der Waals surface area contributed by atoms with E-state index in [-0.39, 0.29) is 12.4 Å². The molecule has 2 N–H and O–H groups in total. The van der Waals surface area contributed by atoms with Crippen LogP contribution in [-0.2, 0) is 4.79 Å². The maximum Gasteiger partial charge on any atom is 0.152 e. The molecule has 0 saturated heterocycles. The maximum absolute atomic E-state index is 10.6. The Bertz CT molecular complexity index is 365. The third kappa shape index (κ3) is 18.5. The SMILES string of the molecule is CC(=O)/C=C/c1ccc(C)cc1.CCC.CCNCCO. The van der Waals surface area contributed by atoms with Crippen LogP contribution in [0.15, 0.2) is 30.3 Å². The predicted molar refractivity (Wildman–Crippen MR) is 92.5 cm³/mol. The first-order valence-corrected chi connectivity index (χ1v) is 7.58. The number of aryl methyl sites for hydroxylation is 1. The van der Waals surface area contributed by atoms with E-state index >= 15 is 0 Å². The van der Waals surface area contributed by atoms with Gasteiger partial charge in [0.15, 0.2) is 5.78 Å². The summed E-state index contributed by atoms with van der Waals surface area (Å²) in [5.74, 6) is 0.0792. The van der Waals surface area contributed by atoms with Gasteiger partial charge in [0.25, 0.3) is 0 Å². The first-order chi connectivity index (χ1) is 10.0. The van der Waals surface area contributed by atoms with Crippen molar-refractivity contribution in [2.45, 2.75) is 41.0 Å². The Labute approximate surface area is 130 Å². The van der Waals surface area contributed by atoms with Crippen LogP contribution in [-0.4, -0.2) is 30.6 Å². The van der Waals surface area contributed by atoms with Crippen LogP contribution in [0.3, 0.4) is 0 Å². The van der Waals surface area contributed by atoms with Crippen LogP contribution in [0, 0.1) is 6.92 Å². The number of hydrogen-bond acceptors (Lipinski definition) is 3.